The molecule has 0 atom stereocenters. The third kappa shape index (κ3) is 6.62. The summed E-state index contributed by atoms with van der Waals surface area (Å²) in [5.74, 6) is 0. The van der Waals surface area contributed by atoms with Gasteiger partial charge >= 0.3 is 4.87 Å². The Balaban J connectivity index is 0.00000261. The van der Waals surface area contributed by atoms with Gasteiger partial charge in [-0.25, -0.2) is 0 Å². The van der Waals surface area contributed by atoms with Crippen molar-refractivity contribution in [3.05, 3.63) is 33.4 Å². The van der Waals surface area contributed by atoms with E-state index in [1.165, 1.54) is 81.5 Å². The number of likely N-dealkylation sites (tertiary alicyclic amines) is 1. The van der Waals surface area contributed by atoms with Crippen molar-refractivity contribution in [2.45, 2.75) is 77.7 Å². The van der Waals surface area contributed by atoms with Crippen LogP contribution in [-0.4, -0.2) is 29.1 Å². The van der Waals surface area contributed by atoms with Gasteiger partial charge in [0.25, 0.3) is 0 Å². The van der Waals surface area contributed by atoms with Gasteiger partial charge in [-0.3, -0.25) is 9.36 Å². The summed E-state index contributed by atoms with van der Waals surface area (Å²) in [7, 11) is 0. The highest BCUT2D eigenvalue weighted by Gasteiger charge is 2.09. The minimum absolute atomic E-state index is 0. The van der Waals surface area contributed by atoms with Gasteiger partial charge in [-0.2, -0.15) is 0 Å². The van der Waals surface area contributed by atoms with E-state index >= 15 is 0 Å². The summed E-state index contributed by atoms with van der Waals surface area (Å²) in [6, 6.07) is 6.55. The molecule has 0 unspecified atom stereocenters. The van der Waals surface area contributed by atoms with E-state index in [1.807, 2.05) is 4.57 Å². The van der Waals surface area contributed by atoms with E-state index in [4.69, 9.17) is 0 Å². The second-order valence-electron chi connectivity index (χ2n) is 7.74. The number of hydrogen-bond acceptors (Lipinski definition) is 3. The fourth-order valence-electron chi connectivity index (χ4n) is 4.09. The summed E-state index contributed by atoms with van der Waals surface area (Å²) < 4.78 is 3.15. The molecule has 0 spiro atoms. The number of thiazole rings is 1. The number of fused-ring (bicyclic) bond motifs is 1. The molecule has 1 aromatic heterocycles. The van der Waals surface area contributed by atoms with E-state index in [0.717, 1.165) is 36.0 Å². The van der Waals surface area contributed by atoms with Crippen LogP contribution in [0.3, 0.4) is 0 Å². The molecule has 2 aromatic rings. The normalized spacial score (nSPS) is 15.6. The fourth-order valence-corrected chi connectivity index (χ4v) is 5.07. The highest BCUT2D eigenvalue weighted by molar-refractivity contribution is 7.16. The van der Waals surface area contributed by atoms with E-state index in [-0.39, 0.29) is 17.3 Å². The standard InChI is InChI=1S/C22H34N2OS.ClH/c1-2-11-19-12-13-20-21(18-19)26-22(25)24(20)17-10-6-5-9-16-23-14-7-3-4-8-15-23;/h12-13,18H,2-11,14-17H2,1H3;1H. The Hall–Kier alpha value is -0.840. The van der Waals surface area contributed by atoms with Gasteiger partial charge in [0, 0.05) is 6.54 Å². The van der Waals surface area contributed by atoms with E-state index in [9.17, 15) is 4.79 Å². The third-order valence-electron chi connectivity index (χ3n) is 5.58. The lowest BCUT2D eigenvalue weighted by Crippen LogP contribution is -2.25. The van der Waals surface area contributed by atoms with Crippen molar-refractivity contribution in [1.29, 1.82) is 0 Å². The van der Waals surface area contributed by atoms with Crippen LogP contribution in [0.5, 0.6) is 0 Å². The first-order chi connectivity index (χ1) is 12.8. The zero-order valence-corrected chi connectivity index (χ0v) is 18.4. The van der Waals surface area contributed by atoms with Crippen LogP contribution in [0, 0.1) is 0 Å². The number of aromatic nitrogens is 1. The Morgan fingerprint density at radius 2 is 1.67 bits per heavy atom. The van der Waals surface area contributed by atoms with Crippen molar-refractivity contribution < 1.29 is 0 Å². The summed E-state index contributed by atoms with van der Waals surface area (Å²) in [6.45, 7) is 6.94. The SMILES string of the molecule is CCCc1ccc2c(c1)sc(=O)n2CCCCCCN1CCCCCC1.Cl. The molecule has 1 saturated heterocycles. The number of halogens is 1. The van der Waals surface area contributed by atoms with E-state index in [2.05, 4.69) is 30.0 Å². The molecule has 0 bridgehead atoms. The molecule has 3 nitrogen and oxygen atoms in total. The Morgan fingerprint density at radius 1 is 0.963 bits per heavy atom. The first kappa shape index (κ1) is 22.4. The van der Waals surface area contributed by atoms with Crippen LogP contribution in [0.4, 0.5) is 0 Å². The lowest BCUT2D eigenvalue weighted by molar-refractivity contribution is 0.277. The van der Waals surface area contributed by atoms with Crippen LogP contribution in [-0.2, 0) is 13.0 Å². The summed E-state index contributed by atoms with van der Waals surface area (Å²) in [4.78, 5) is 15.2. The maximum atomic E-state index is 12.3. The average Bonchev–Trinajstić information content (AvgIpc) is 2.80. The van der Waals surface area contributed by atoms with Gasteiger partial charge in [0.2, 0.25) is 0 Å². The zero-order valence-electron chi connectivity index (χ0n) is 16.8. The molecule has 0 saturated carbocycles. The van der Waals surface area contributed by atoms with Gasteiger partial charge in [-0.1, -0.05) is 56.4 Å². The Kier molecular flexibility index (Phi) is 9.88. The summed E-state index contributed by atoms with van der Waals surface area (Å²) >= 11 is 1.41. The highest BCUT2D eigenvalue weighted by atomic mass is 35.5. The lowest BCUT2D eigenvalue weighted by atomic mass is 10.1. The van der Waals surface area contributed by atoms with Gasteiger partial charge in [-0.15, -0.1) is 12.4 Å². The Morgan fingerprint density at radius 3 is 2.37 bits per heavy atom. The van der Waals surface area contributed by atoms with Gasteiger partial charge in [0.1, 0.15) is 0 Å². The topological polar surface area (TPSA) is 25.2 Å². The molecule has 0 aliphatic carbocycles. The first-order valence-electron chi connectivity index (χ1n) is 10.6. The minimum atomic E-state index is 0. The molecule has 1 aliphatic heterocycles. The third-order valence-corrected chi connectivity index (χ3v) is 6.52. The monoisotopic (exact) mass is 410 g/mol. The average molecular weight is 411 g/mol. The van der Waals surface area contributed by atoms with Crippen LogP contribution >= 0.6 is 23.7 Å². The summed E-state index contributed by atoms with van der Waals surface area (Å²) in [5, 5.41) is 0. The molecule has 1 aromatic carbocycles. The quantitative estimate of drug-likeness (QED) is 0.482. The van der Waals surface area contributed by atoms with Crippen molar-refractivity contribution in [2.75, 3.05) is 19.6 Å². The first-order valence-corrected chi connectivity index (χ1v) is 11.4. The van der Waals surface area contributed by atoms with Crippen molar-refractivity contribution >= 4 is 34.0 Å². The second kappa shape index (κ2) is 11.9. The maximum Gasteiger partial charge on any atom is 0.308 e. The smallest absolute Gasteiger partial charge is 0.303 e. The largest absolute Gasteiger partial charge is 0.308 e. The number of hydrogen-bond donors (Lipinski definition) is 0. The molecular formula is C22H35ClN2OS. The molecule has 0 amide bonds. The van der Waals surface area contributed by atoms with Crippen molar-refractivity contribution in [1.82, 2.24) is 9.47 Å². The number of rotatable bonds is 9. The lowest BCUT2D eigenvalue weighted by Gasteiger charge is -2.19. The van der Waals surface area contributed by atoms with Crippen LogP contribution in [0.1, 0.15) is 70.3 Å². The zero-order chi connectivity index (χ0) is 18.2. The Labute approximate surface area is 174 Å². The molecule has 1 fully saturated rings. The van der Waals surface area contributed by atoms with E-state index < -0.39 is 0 Å². The highest BCUT2D eigenvalue weighted by Crippen LogP contribution is 2.20. The van der Waals surface area contributed by atoms with Crippen LogP contribution < -0.4 is 4.87 Å². The number of benzene rings is 1. The molecule has 5 heteroatoms. The van der Waals surface area contributed by atoms with Crippen molar-refractivity contribution in [3.63, 3.8) is 0 Å². The number of nitrogens with zero attached hydrogens (tertiary/aromatic N) is 2. The molecule has 1 aliphatic rings. The maximum absolute atomic E-state index is 12.3. The van der Waals surface area contributed by atoms with Gasteiger partial charge in [0.05, 0.1) is 10.2 Å². The fraction of sp³-hybridized carbons (Fsp3) is 0.682. The van der Waals surface area contributed by atoms with E-state index in [1.54, 1.807) is 0 Å². The van der Waals surface area contributed by atoms with Gasteiger partial charge < -0.3 is 4.90 Å². The van der Waals surface area contributed by atoms with Crippen molar-refractivity contribution in [3.8, 4) is 0 Å². The molecule has 0 N–H and O–H groups in total. The van der Waals surface area contributed by atoms with Crippen LogP contribution in [0.2, 0.25) is 0 Å². The molecule has 0 radical (unpaired) electrons. The number of aryl methyl sites for hydroxylation is 2. The summed E-state index contributed by atoms with van der Waals surface area (Å²) in [5.41, 5.74) is 2.48. The van der Waals surface area contributed by atoms with Gasteiger partial charge in [0.15, 0.2) is 0 Å². The molecule has 27 heavy (non-hydrogen) atoms. The number of unbranched alkanes of at least 4 members (excludes halogenated alkanes) is 3. The molecule has 152 valence electrons. The molecular weight excluding hydrogens is 376 g/mol. The van der Waals surface area contributed by atoms with Gasteiger partial charge in [-0.05, 0) is 69.4 Å². The molecule has 3 rings (SSSR count). The van der Waals surface area contributed by atoms with Crippen LogP contribution in [0.15, 0.2) is 23.0 Å². The van der Waals surface area contributed by atoms with E-state index in [0.29, 0.717) is 0 Å². The molecule has 2 heterocycles. The Bertz CT molecular complexity index is 731. The van der Waals surface area contributed by atoms with Crippen molar-refractivity contribution in [2.24, 2.45) is 0 Å². The predicted molar refractivity (Wildman–Crippen MR) is 121 cm³/mol. The summed E-state index contributed by atoms with van der Waals surface area (Å²) in [6.07, 6.45) is 12.8. The second-order valence-corrected chi connectivity index (χ2v) is 8.73. The predicted octanol–water partition coefficient (Wildman–Crippen LogP) is 5.87. The minimum Gasteiger partial charge on any atom is -0.303 e. The van der Waals surface area contributed by atoms with Crippen LogP contribution in [0.25, 0.3) is 10.2 Å².